The third-order valence-corrected chi connectivity index (χ3v) is 3.25. The minimum atomic E-state index is -0.208. The van der Waals surface area contributed by atoms with E-state index in [9.17, 15) is 0 Å². The molecule has 0 fully saturated rings. The second-order valence-corrected chi connectivity index (χ2v) is 4.44. The number of benzene rings is 1. The SMILES string of the molecule is COc1ccc(CCN(C)C(CO)CO)cc1OC. The Kier molecular flexibility index (Phi) is 6.62. The van der Waals surface area contributed by atoms with Gasteiger partial charge < -0.3 is 19.7 Å². The number of hydrogen-bond acceptors (Lipinski definition) is 5. The van der Waals surface area contributed by atoms with Crippen molar-refractivity contribution in [2.75, 3.05) is 41.0 Å². The second-order valence-electron chi connectivity index (χ2n) is 4.44. The predicted molar refractivity (Wildman–Crippen MR) is 73.8 cm³/mol. The number of rotatable bonds is 8. The lowest BCUT2D eigenvalue weighted by molar-refractivity contribution is 0.0925. The van der Waals surface area contributed by atoms with E-state index in [2.05, 4.69) is 0 Å². The fourth-order valence-corrected chi connectivity index (χ4v) is 1.86. The van der Waals surface area contributed by atoms with Crippen LogP contribution in [0.4, 0.5) is 0 Å². The highest BCUT2D eigenvalue weighted by Crippen LogP contribution is 2.27. The van der Waals surface area contributed by atoms with Crippen LogP contribution in [0, 0.1) is 0 Å². The molecule has 0 saturated heterocycles. The van der Waals surface area contributed by atoms with Gasteiger partial charge in [0.25, 0.3) is 0 Å². The highest BCUT2D eigenvalue weighted by atomic mass is 16.5. The maximum atomic E-state index is 9.11. The Hall–Kier alpha value is -1.30. The summed E-state index contributed by atoms with van der Waals surface area (Å²) in [5.41, 5.74) is 1.12. The molecule has 1 aromatic rings. The molecule has 0 atom stereocenters. The van der Waals surface area contributed by atoms with Crippen molar-refractivity contribution in [1.29, 1.82) is 0 Å². The van der Waals surface area contributed by atoms with E-state index in [1.807, 2.05) is 30.1 Å². The van der Waals surface area contributed by atoms with E-state index in [1.165, 1.54) is 0 Å². The summed E-state index contributed by atoms with van der Waals surface area (Å²) in [7, 11) is 5.11. The lowest BCUT2D eigenvalue weighted by Gasteiger charge is -2.24. The van der Waals surface area contributed by atoms with Gasteiger partial charge in [-0.3, -0.25) is 4.90 Å². The van der Waals surface area contributed by atoms with Crippen LogP contribution in [0.3, 0.4) is 0 Å². The molecule has 2 N–H and O–H groups in total. The molecule has 1 aromatic carbocycles. The van der Waals surface area contributed by atoms with Gasteiger partial charge in [0.2, 0.25) is 0 Å². The molecule has 0 bridgehead atoms. The molecule has 1 rings (SSSR count). The molecule has 5 heteroatoms. The molecular formula is C14H23NO4. The summed E-state index contributed by atoms with van der Waals surface area (Å²) < 4.78 is 10.4. The maximum Gasteiger partial charge on any atom is 0.160 e. The third-order valence-electron chi connectivity index (χ3n) is 3.25. The van der Waals surface area contributed by atoms with Crippen molar-refractivity contribution in [3.63, 3.8) is 0 Å². The fraction of sp³-hybridized carbons (Fsp3) is 0.571. The Morgan fingerprint density at radius 1 is 1.11 bits per heavy atom. The first kappa shape index (κ1) is 15.8. The van der Waals surface area contributed by atoms with Crippen molar-refractivity contribution in [3.8, 4) is 11.5 Å². The van der Waals surface area contributed by atoms with Crippen molar-refractivity contribution >= 4 is 0 Å². The minimum absolute atomic E-state index is 0.0427. The quantitative estimate of drug-likeness (QED) is 0.721. The molecule has 19 heavy (non-hydrogen) atoms. The summed E-state index contributed by atoms with van der Waals surface area (Å²) in [5.74, 6) is 1.42. The molecule has 0 unspecified atom stereocenters. The zero-order chi connectivity index (χ0) is 14.3. The maximum absolute atomic E-state index is 9.11. The number of aliphatic hydroxyl groups excluding tert-OH is 2. The number of methoxy groups -OCH3 is 2. The number of nitrogens with zero attached hydrogens (tertiary/aromatic N) is 1. The van der Waals surface area contributed by atoms with Crippen LogP contribution in [0.2, 0.25) is 0 Å². The van der Waals surface area contributed by atoms with Gasteiger partial charge in [0.15, 0.2) is 11.5 Å². The number of hydrogen-bond donors (Lipinski definition) is 2. The van der Waals surface area contributed by atoms with Gasteiger partial charge in [-0.2, -0.15) is 0 Å². The van der Waals surface area contributed by atoms with Gasteiger partial charge >= 0.3 is 0 Å². The smallest absolute Gasteiger partial charge is 0.160 e. The van der Waals surface area contributed by atoms with E-state index >= 15 is 0 Å². The summed E-state index contributed by atoms with van der Waals surface area (Å²) >= 11 is 0. The first-order chi connectivity index (χ1) is 9.15. The Labute approximate surface area is 114 Å². The molecule has 0 saturated carbocycles. The Morgan fingerprint density at radius 2 is 1.74 bits per heavy atom. The zero-order valence-corrected chi connectivity index (χ0v) is 11.8. The molecule has 0 radical (unpaired) electrons. The van der Waals surface area contributed by atoms with Gasteiger partial charge in [-0.05, 0) is 31.2 Å². The number of ether oxygens (including phenoxy) is 2. The largest absolute Gasteiger partial charge is 0.493 e. The van der Waals surface area contributed by atoms with Crippen molar-refractivity contribution in [2.24, 2.45) is 0 Å². The molecule has 0 amide bonds. The van der Waals surface area contributed by atoms with Crippen LogP contribution in [0.25, 0.3) is 0 Å². The summed E-state index contributed by atoms with van der Waals surface area (Å²) in [6.45, 7) is 0.666. The molecule has 0 spiro atoms. The van der Waals surface area contributed by atoms with Crippen LogP contribution in [0.1, 0.15) is 5.56 Å². The van der Waals surface area contributed by atoms with Crippen LogP contribution in [-0.4, -0.2) is 62.2 Å². The molecule has 0 heterocycles. The van der Waals surface area contributed by atoms with E-state index in [0.717, 1.165) is 18.5 Å². The minimum Gasteiger partial charge on any atom is -0.493 e. The van der Waals surface area contributed by atoms with Crippen LogP contribution in [0.5, 0.6) is 11.5 Å². The Morgan fingerprint density at radius 3 is 2.26 bits per heavy atom. The fourth-order valence-electron chi connectivity index (χ4n) is 1.86. The normalized spacial score (nSPS) is 11.1. The zero-order valence-electron chi connectivity index (χ0n) is 11.8. The van der Waals surface area contributed by atoms with Crippen LogP contribution >= 0.6 is 0 Å². The van der Waals surface area contributed by atoms with Crippen molar-refractivity contribution in [1.82, 2.24) is 4.90 Å². The van der Waals surface area contributed by atoms with Crippen molar-refractivity contribution in [2.45, 2.75) is 12.5 Å². The van der Waals surface area contributed by atoms with E-state index in [0.29, 0.717) is 11.5 Å². The number of aliphatic hydroxyl groups is 2. The monoisotopic (exact) mass is 269 g/mol. The lowest BCUT2D eigenvalue weighted by Crippen LogP contribution is -2.38. The van der Waals surface area contributed by atoms with Gasteiger partial charge in [0, 0.05) is 6.54 Å². The average Bonchev–Trinajstić information content (AvgIpc) is 2.45. The third kappa shape index (κ3) is 4.38. The van der Waals surface area contributed by atoms with Gasteiger partial charge in [-0.25, -0.2) is 0 Å². The molecule has 108 valence electrons. The van der Waals surface area contributed by atoms with Crippen LogP contribution in [-0.2, 0) is 6.42 Å². The first-order valence-electron chi connectivity index (χ1n) is 6.29. The van der Waals surface area contributed by atoms with Gasteiger partial charge in [-0.1, -0.05) is 6.07 Å². The molecule has 0 aromatic heterocycles. The average molecular weight is 269 g/mol. The van der Waals surface area contributed by atoms with E-state index in [1.54, 1.807) is 14.2 Å². The molecular weight excluding hydrogens is 246 g/mol. The van der Waals surface area contributed by atoms with E-state index in [-0.39, 0.29) is 19.3 Å². The summed E-state index contributed by atoms with van der Waals surface area (Å²) in [6, 6.07) is 5.60. The van der Waals surface area contributed by atoms with Gasteiger partial charge in [-0.15, -0.1) is 0 Å². The Balaban J connectivity index is 2.62. The second kappa shape index (κ2) is 7.99. The standard InChI is InChI=1S/C14H23NO4/c1-15(12(9-16)10-17)7-6-11-4-5-13(18-2)14(8-11)19-3/h4-5,8,12,16-17H,6-7,9-10H2,1-3H3. The van der Waals surface area contributed by atoms with E-state index < -0.39 is 0 Å². The molecule has 0 aliphatic heterocycles. The summed E-state index contributed by atoms with van der Waals surface area (Å²) in [6.07, 6.45) is 0.813. The first-order valence-corrected chi connectivity index (χ1v) is 6.29. The van der Waals surface area contributed by atoms with Crippen molar-refractivity contribution in [3.05, 3.63) is 23.8 Å². The lowest BCUT2D eigenvalue weighted by atomic mass is 10.1. The summed E-state index contributed by atoms with van der Waals surface area (Å²) in [5, 5.41) is 18.2. The summed E-state index contributed by atoms with van der Waals surface area (Å²) in [4.78, 5) is 1.94. The number of likely N-dealkylation sites (N-methyl/N-ethyl adjacent to an activating group) is 1. The molecule has 5 nitrogen and oxygen atoms in total. The van der Waals surface area contributed by atoms with Crippen LogP contribution < -0.4 is 9.47 Å². The highest BCUT2D eigenvalue weighted by molar-refractivity contribution is 5.42. The van der Waals surface area contributed by atoms with Gasteiger partial charge in [0.1, 0.15) is 0 Å². The topological polar surface area (TPSA) is 62.2 Å². The van der Waals surface area contributed by atoms with E-state index in [4.69, 9.17) is 19.7 Å². The predicted octanol–water partition coefficient (Wildman–Crippen LogP) is 0.531. The molecule has 0 aliphatic carbocycles. The molecule has 0 aliphatic rings. The van der Waals surface area contributed by atoms with Gasteiger partial charge in [0.05, 0.1) is 33.5 Å². The Bertz CT molecular complexity index is 380. The van der Waals surface area contributed by atoms with Crippen molar-refractivity contribution < 1.29 is 19.7 Å². The van der Waals surface area contributed by atoms with Crippen LogP contribution in [0.15, 0.2) is 18.2 Å². The highest BCUT2D eigenvalue weighted by Gasteiger charge is 2.12.